The highest BCUT2D eigenvalue weighted by Crippen LogP contribution is 2.42. The van der Waals surface area contributed by atoms with E-state index in [1.165, 1.54) is 40.9 Å². The van der Waals surface area contributed by atoms with E-state index in [-0.39, 0.29) is 16.5 Å². The standard InChI is InChI=1S/C26H19BrFN3O2S/c1-16-2-4-17(5-3-16)14-23-25(33)31(21-12-8-19(28)9-13-21)26(34-23)22(15-29)24(32)30-20-10-6-18(27)7-11-20/h2-13,23H,14H2,1H3,(H,30,32)/b26-22-/t23-/m1/s1. The summed E-state index contributed by atoms with van der Waals surface area (Å²) in [4.78, 5) is 27.8. The molecule has 1 atom stereocenters. The van der Waals surface area contributed by atoms with Crippen LogP contribution in [0, 0.1) is 24.1 Å². The first-order valence-corrected chi connectivity index (χ1v) is 12.1. The summed E-state index contributed by atoms with van der Waals surface area (Å²) < 4.78 is 14.4. The highest BCUT2D eigenvalue weighted by molar-refractivity contribution is 9.10. The lowest BCUT2D eigenvalue weighted by Crippen LogP contribution is -2.30. The summed E-state index contributed by atoms with van der Waals surface area (Å²) in [6.07, 6.45) is 0.429. The van der Waals surface area contributed by atoms with Crippen LogP contribution in [0.4, 0.5) is 15.8 Å². The van der Waals surface area contributed by atoms with Gasteiger partial charge in [-0.15, -0.1) is 0 Å². The number of thioether (sulfide) groups is 1. The summed E-state index contributed by atoms with van der Waals surface area (Å²) in [5.41, 5.74) is 2.80. The Kier molecular flexibility index (Phi) is 7.15. The number of rotatable bonds is 5. The van der Waals surface area contributed by atoms with E-state index in [0.717, 1.165) is 15.6 Å². The van der Waals surface area contributed by atoms with E-state index in [9.17, 15) is 19.2 Å². The number of anilines is 2. The van der Waals surface area contributed by atoms with Gasteiger partial charge in [0.1, 0.15) is 22.5 Å². The van der Waals surface area contributed by atoms with Crippen molar-refractivity contribution in [1.82, 2.24) is 0 Å². The Morgan fingerprint density at radius 1 is 1.09 bits per heavy atom. The zero-order valence-electron chi connectivity index (χ0n) is 18.1. The van der Waals surface area contributed by atoms with Gasteiger partial charge >= 0.3 is 0 Å². The van der Waals surface area contributed by atoms with E-state index in [2.05, 4.69) is 21.2 Å². The van der Waals surface area contributed by atoms with Crippen LogP contribution in [0.3, 0.4) is 0 Å². The van der Waals surface area contributed by atoms with E-state index in [0.29, 0.717) is 17.8 Å². The average Bonchev–Trinajstić information content (AvgIpc) is 3.13. The number of nitriles is 1. The molecule has 8 heteroatoms. The maximum Gasteiger partial charge on any atom is 0.269 e. The van der Waals surface area contributed by atoms with Crippen LogP contribution in [-0.4, -0.2) is 17.1 Å². The van der Waals surface area contributed by atoms with Crippen molar-refractivity contribution in [2.24, 2.45) is 0 Å². The third-order valence-corrected chi connectivity index (χ3v) is 7.03. The Morgan fingerprint density at radius 3 is 2.35 bits per heavy atom. The number of benzene rings is 3. The lowest BCUT2D eigenvalue weighted by molar-refractivity contribution is -0.117. The fourth-order valence-electron chi connectivity index (χ4n) is 3.48. The van der Waals surface area contributed by atoms with Crippen LogP contribution < -0.4 is 10.2 Å². The monoisotopic (exact) mass is 535 g/mol. The van der Waals surface area contributed by atoms with Crippen LogP contribution in [0.5, 0.6) is 0 Å². The van der Waals surface area contributed by atoms with Gasteiger partial charge in [0.05, 0.1) is 5.25 Å². The third-order valence-electron chi connectivity index (χ3n) is 5.23. The maximum atomic E-state index is 13.5. The fraction of sp³-hybridized carbons (Fsp3) is 0.115. The molecule has 0 aromatic heterocycles. The second kappa shape index (κ2) is 10.2. The molecule has 0 aliphatic carbocycles. The Morgan fingerprint density at radius 2 is 1.74 bits per heavy atom. The SMILES string of the molecule is Cc1ccc(C[C@H]2S/C(=C(/C#N)C(=O)Nc3ccc(Br)cc3)N(c3ccc(F)cc3)C2=O)cc1. The second-order valence-electron chi connectivity index (χ2n) is 7.70. The quantitative estimate of drug-likeness (QED) is 0.323. The lowest BCUT2D eigenvalue weighted by atomic mass is 10.1. The largest absolute Gasteiger partial charge is 0.321 e. The number of carbonyl (C=O) groups is 2. The van der Waals surface area contributed by atoms with Crippen molar-refractivity contribution in [3.63, 3.8) is 0 Å². The summed E-state index contributed by atoms with van der Waals surface area (Å²) in [7, 11) is 0. The molecule has 1 aliphatic rings. The van der Waals surface area contributed by atoms with E-state index >= 15 is 0 Å². The lowest BCUT2D eigenvalue weighted by Gasteiger charge is -2.18. The molecular weight excluding hydrogens is 517 g/mol. The molecular formula is C26H19BrFN3O2S. The van der Waals surface area contributed by atoms with Crippen LogP contribution in [0.25, 0.3) is 0 Å². The molecule has 34 heavy (non-hydrogen) atoms. The first-order valence-electron chi connectivity index (χ1n) is 10.4. The van der Waals surface area contributed by atoms with Gasteiger partial charge in [0.25, 0.3) is 5.91 Å². The smallest absolute Gasteiger partial charge is 0.269 e. The predicted octanol–water partition coefficient (Wildman–Crippen LogP) is 5.96. The normalized spacial score (nSPS) is 16.8. The summed E-state index contributed by atoms with van der Waals surface area (Å²) in [6.45, 7) is 1.99. The number of hydrogen-bond donors (Lipinski definition) is 1. The summed E-state index contributed by atoms with van der Waals surface area (Å²) in [6, 6.07) is 22.2. The predicted molar refractivity (Wildman–Crippen MR) is 136 cm³/mol. The van der Waals surface area contributed by atoms with E-state index in [1.54, 1.807) is 24.3 Å². The van der Waals surface area contributed by atoms with Crippen LogP contribution in [0.2, 0.25) is 0 Å². The van der Waals surface area contributed by atoms with Gasteiger partial charge in [-0.1, -0.05) is 57.5 Å². The van der Waals surface area contributed by atoms with Gasteiger partial charge in [0, 0.05) is 15.8 Å². The molecule has 2 amide bonds. The molecule has 5 nitrogen and oxygen atoms in total. The number of aryl methyl sites for hydroxylation is 1. The molecule has 0 spiro atoms. The molecule has 4 rings (SSSR count). The van der Waals surface area contributed by atoms with Gasteiger partial charge < -0.3 is 5.32 Å². The average molecular weight is 536 g/mol. The number of carbonyl (C=O) groups excluding carboxylic acids is 2. The number of halogens is 2. The molecule has 170 valence electrons. The minimum atomic E-state index is -0.622. The molecule has 1 N–H and O–H groups in total. The molecule has 3 aromatic carbocycles. The maximum absolute atomic E-state index is 13.5. The van der Waals surface area contributed by atoms with Gasteiger partial charge in [0.15, 0.2) is 0 Å². The molecule has 0 unspecified atom stereocenters. The molecule has 1 fully saturated rings. The van der Waals surface area contributed by atoms with E-state index < -0.39 is 17.0 Å². The van der Waals surface area contributed by atoms with Crippen molar-refractivity contribution in [3.8, 4) is 6.07 Å². The van der Waals surface area contributed by atoms with E-state index in [4.69, 9.17) is 0 Å². The number of hydrogen-bond acceptors (Lipinski definition) is 4. The highest BCUT2D eigenvalue weighted by Gasteiger charge is 2.40. The zero-order valence-corrected chi connectivity index (χ0v) is 20.5. The second-order valence-corrected chi connectivity index (χ2v) is 9.81. The van der Waals surface area contributed by atoms with Crippen molar-refractivity contribution in [1.29, 1.82) is 5.26 Å². The van der Waals surface area contributed by atoms with Gasteiger partial charge in [-0.3, -0.25) is 14.5 Å². The van der Waals surface area contributed by atoms with E-state index in [1.807, 2.05) is 37.3 Å². The van der Waals surface area contributed by atoms with Crippen molar-refractivity contribution < 1.29 is 14.0 Å². The zero-order chi connectivity index (χ0) is 24.2. The molecule has 3 aromatic rings. The van der Waals surface area contributed by atoms with Gasteiger partial charge in [-0.05, 0) is 67.4 Å². The van der Waals surface area contributed by atoms with Crippen molar-refractivity contribution in [3.05, 3.63) is 105 Å². The Balaban J connectivity index is 1.71. The number of nitrogens with one attached hydrogen (secondary N) is 1. The minimum Gasteiger partial charge on any atom is -0.321 e. The van der Waals surface area contributed by atoms with Gasteiger partial charge in [-0.2, -0.15) is 5.26 Å². The van der Waals surface area contributed by atoms with Crippen molar-refractivity contribution in [2.45, 2.75) is 18.6 Å². The van der Waals surface area contributed by atoms with Gasteiger partial charge in [-0.25, -0.2) is 4.39 Å². The summed E-state index contributed by atoms with van der Waals surface area (Å²) >= 11 is 4.51. The molecule has 0 saturated carbocycles. The molecule has 0 bridgehead atoms. The Bertz CT molecular complexity index is 1300. The summed E-state index contributed by atoms with van der Waals surface area (Å²) in [5.74, 6) is -1.34. The van der Waals surface area contributed by atoms with Crippen LogP contribution in [0.15, 0.2) is 87.9 Å². The van der Waals surface area contributed by atoms with Crippen LogP contribution in [0.1, 0.15) is 11.1 Å². The van der Waals surface area contributed by atoms with Gasteiger partial charge in [0.2, 0.25) is 5.91 Å². The first kappa shape index (κ1) is 23.7. The topological polar surface area (TPSA) is 73.2 Å². The molecule has 1 saturated heterocycles. The first-order chi connectivity index (χ1) is 16.4. The minimum absolute atomic E-state index is 0.183. The highest BCUT2D eigenvalue weighted by atomic mass is 79.9. The molecule has 0 radical (unpaired) electrons. The third kappa shape index (κ3) is 5.22. The van der Waals surface area contributed by atoms with Crippen LogP contribution in [-0.2, 0) is 16.0 Å². The van der Waals surface area contributed by atoms with Crippen molar-refractivity contribution in [2.75, 3.05) is 10.2 Å². The van der Waals surface area contributed by atoms with Crippen molar-refractivity contribution >= 4 is 50.9 Å². The molecule has 1 aliphatic heterocycles. The summed E-state index contributed by atoms with van der Waals surface area (Å²) in [5, 5.41) is 12.3. The fourth-order valence-corrected chi connectivity index (χ4v) is 5.05. The van der Waals surface area contributed by atoms with Crippen LogP contribution >= 0.6 is 27.7 Å². The Hall–Kier alpha value is -3.41. The number of nitrogens with zero attached hydrogens (tertiary/aromatic N) is 2. The number of amides is 2. The Labute approximate surface area is 209 Å². The molecule has 1 heterocycles.